The molecular formula is C22H17ClN2O3S. The Morgan fingerprint density at radius 2 is 1.52 bits per heavy atom. The van der Waals surface area contributed by atoms with Gasteiger partial charge in [-0.1, -0.05) is 60.1 Å². The van der Waals surface area contributed by atoms with Gasteiger partial charge in [-0.2, -0.15) is 0 Å². The second-order valence-corrected chi connectivity index (χ2v) is 8.70. The van der Waals surface area contributed by atoms with E-state index in [2.05, 4.69) is 9.71 Å². The summed E-state index contributed by atoms with van der Waals surface area (Å²) in [4.78, 5) is 15.8. The molecule has 0 atom stereocenters. The van der Waals surface area contributed by atoms with Crippen molar-refractivity contribution in [3.05, 3.63) is 99.8 Å². The zero-order valence-corrected chi connectivity index (χ0v) is 16.8. The van der Waals surface area contributed by atoms with Gasteiger partial charge in [-0.15, -0.1) is 0 Å². The maximum Gasteiger partial charge on any atom is 0.253 e. The summed E-state index contributed by atoms with van der Waals surface area (Å²) in [6.45, 7) is -0.143. The molecule has 3 aromatic carbocycles. The van der Waals surface area contributed by atoms with Gasteiger partial charge in [-0.3, -0.25) is 4.79 Å². The van der Waals surface area contributed by atoms with Crippen molar-refractivity contribution in [2.45, 2.75) is 11.4 Å². The highest BCUT2D eigenvalue weighted by atomic mass is 35.5. The van der Waals surface area contributed by atoms with E-state index in [1.165, 1.54) is 12.1 Å². The lowest BCUT2D eigenvalue weighted by atomic mass is 9.96. The normalized spacial score (nSPS) is 11.6. The van der Waals surface area contributed by atoms with Gasteiger partial charge in [0.15, 0.2) is 0 Å². The second kappa shape index (κ2) is 7.83. The molecule has 0 bridgehead atoms. The predicted molar refractivity (Wildman–Crippen MR) is 115 cm³/mol. The number of H-pyrrole nitrogens is 1. The van der Waals surface area contributed by atoms with Gasteiger partial charge in [-0.05, 0) is 35.9 Å². The van der Waals surface area contributed by atoms with Crippen molar-refractivity contribution >= 4 is 32.5 Å². The first-order valence-electron chi connectivity index (χ1n) is 8.90. The zero-order chi connectivity index (χ0) is 20.4. The summed E-state index contributed by atoms with van der Waals surface area (Å²) in [5.41, 5.74) is 2.13. The number of sulfonamides is 1. The molecule has 4 aromatic rings. The topological polar surface area (TPSA) is 79.0 Å². The van der Waals surface area contributed by atoms with Gasteiger partial charge < -0.3 is 4.98 Å². The van der Waals surface area contributed by atoms with Gasteiger partial charge in [0.05, 0.1) is 4.90 Å². The lowest BCUT2D eigenvalue weighted by Gasteiger charge is -2.14. The largest absolute Gasteiger partial charge is 0.322 e. The fourth-order valence-electron chi connectivity index (χ4n) is 3.25. The number of halogens is 1. The highest BCUT2D eigenvalue weighted by Crippen LogP contribution is 2.30. The molecule has 29 heavy (non-hydrogen) atoms. The molecule has 5 nitrogen and oxygen atoms in total. The average molecular weight is 425 g/mol. The Morgan fingerprint density at radius 3 is 2.24 bits per heavy atom. The van der Waals surface area contributed by atoms with Crippen LogP contribution in [0.15, 0.2) is 88.6 Å². The van der Waals surface area contributed by atoms with Gasteiger partial charge >= 0.3 is 0 Å². The van der Waals surface area contributed by atoms with Gasteiger partial charge in [0.2, 0.25) is 10.0 Å². The van der Waals surface area contributed by atoms with Crippen LogP contribution in [0.3, 0.4) is 0 Å². The Labute approximate surface area is 173 Å². The number of hydrogen-bond acceptors (Lipinski definition) is 3. The highest BCUT2D eigenvalue weighted by Gasteiger charge is 2.18. The maximum absolute atomic E-state index is 12.8. The third kappa shape index (κ3) is 3.96. The van der Waals surface area contributed by atoms with Crippen LogP contribution < -0.4 is 10.3 Å². The van der Waals surface area contributed by atoms with Crippen molar-refractivity contribution in [2.24, 2.45) is 0 Å². The number of aromatic nitrogens is 1. The summed E-state index contributed by atoms with van der Waals surface area (Å²) in [6.07, 6.45) is 0. The first-order chi connectivity index (χ1) is 14.0. The zero-order valence-electron chi connectivity index (χ0n) is 15.2. The first kappa shape index (κ1) is 19.4. The Kier molecular flexibility index (Phi) is 5.24. The molecule has 4 rings (SSSR count). The van der Waals surface area contributed by atoms with E-state index in [0.717, 1.165) is 10.9 Å². The minimum Gasteiger partial charge on any atom is -0.322 e. The molecule has 2 N–H and O–H groups in total. The number of rotatable bonds is 5. The van der Waals surface area contributed by atoms with Crippen LogP contribution in [0.5, 0.6) is 0 Å². The first-order valence-corrected chi connectivity index (χ1v) is 10.8. The average Bonchev–Trinajstić information content (AvgIpc) is 2.73. The standard InChI is InChI=1S/C22H17ClN2O3S/c23-16-12-10-15(11-13-16)21-18-8-4-5-9-20(18)25-22(26)19(21)14-24-29(27,28)17-6-2-1-3-7-17/h1-13,24H,14H2,(H,25,26). The number of hydrogen-bond donors (Lipinski definition) is 2. The molecule has 0 fully saturated rings. The lowest BCUT2D eigenvalue weighted by Crippen LogP contribution is -2.27. The Bertz CT molecular complexity index is 1330. The minimum absolute atomic E-state index is 0.143. The minimum atomic E-state index is -3.76. The van der Waals surface area contributed by atoms with Gasteiger partial charge in [0, 0.05) is 33.6 Å². The molecule has 0 saturated carbocycles. The lowest BCUT2D eigenvalue weighted by molar-refractivity contribution is 0.581. The third-order valence-corrected chi connectivity index (χ3v) is 6.31. The van der Waals surface area contributed by atoms with Crippen molar-refractivity contribution < 1.29 is 8.42 Å². The number of benzene rings is 3. The van der Waals surface area contributed by atoms with Crippen LogP contribution in [-0.2, 0) is 16.6 Å². The summed E-state index contributed by atoms with van der Waals surface area (Å²) in [6, 6.07) is 22.6. The van der Waals surface area contributed by atoms with Crippen LogP contribution in [0.4, 0.5) is 0 Å². The number of pyridine rings is 1. The fraction of sp³-hybridized carbons (Fsp3) is 0.0455. The highest BCUT2D eigenvalue weighted by molar-refractivity contribution is 7.89. The van der Waals surface area contributed by atoms with Crippen LogP contribution in [0.2, 0.25) is 5.02 Å². The third-order valence-electron chi connectivity index (χ3n) is 4.65. The number of para-hydroxylation sites is 1. The molecule has 146 valence electrons. The van der Waals surface area contributed by atoms with E-state index < -0.39 is 10.0 Å². The van der Waals surface area contributed by atoms with Crippen molar-refractivity contribution in [3.63, 3.8) is 0 Å². The SMILES string of the molecule is O=c1[nH]c2ccccc2c(-c2ccc(Cl)cc2)c1CNS(=O)(=O)c1ccccc1. The molecular weight excluding hydrogens is 408 g/mol. The molecule has 0 saturated heterocycles. The van der Waals surface area contributed by atoms with Gasteiger partial charge in [0.25, 0.3) is 5.56 Å². The Morgan fingerprint density at radius 1 is 0.862 bits per heavy atom. The molecule has 0 amide bonds. The van der Waals surface area contributed by atoms with Crippen molar-refractivity contribution in [1.82, 2.24) is 9.71 Å². The number of aromatic amines is 1. The molecule has 1 heterocycles. The Hall–Kier alpha value is -2.93. The van der Waals surface area contributed by atoms with Crippen molar-refractivity contribution in [1.29, 1.82) is 0 Å². The predicted octanol–water partition coefficient (Wildman–Crippen LogP) is 4.33. The van der Waals surface area contributed by atoms with Gasteiger partial charge in [-0.25, -0.2) is 13.1 Å². The summed E-state index contributed by atoms with van der Waals surface area (Å²) in [7, 11) is -3.76. The molecule has 1 aromatic heterocycles. The van der Waals surface area contributed by atoms with Crippen molar-refractivity contribution in [3.8, 4) is 11.1 Å². The molecule has 7 heteroatoms. The van der Waals surface area contributed by atoms with E-state index in [9.17, 15) is 13.2 Å². The molecule has 0 radical (unpaired) electrons. The smallest absolute Gasteiger partial charge is 0.253 e. The number of fused-ring (bicyclic) bond motifs is 1. The summed E-state index contributed by atoms with van der Waals surface area (Å²) in [5, 5.41) is 1.40. The quantitative estimate of drug-likeness (QED) is 0.500. The van der Waals surface area contributed by atoms with E-state index in [1.54, 1.807) is 30.3 Å². The van der Waals surface area contributed by atoms with Gasteiger partial charge in [0.1, 0.15) is 0 Å². The van der Waals surface area contributed by atoms with Crippen LogP contribution in [0.25, 0.3) is 22.0 Å². The van der Waals surface area contributed by atoms with E-state index in [4.69, 9.17) is 11.6 Å². The molecule has 0 unspecified atom stereocenters. The second-order valence-electron chi connectivity index (χ2n) is 6.50. The van der Waals surface area contributed by atoms with E-state index in [0.29, 0.717) is 21.7 Å². The molecule has 0 aliphatic carbocycles. The van der Waals surface area contributed by atoms with Crippen LogP contribution in [0.1, 0.15) is 5.56 Å². The van der Waals surface area contributed by atoms with Crippen molar-refractivity contribution in [2.75, 3.05) is 0 Å². The van der Waals surface area contributed by atoms with Crippen LogP contribution in [-0.4, -0.2) is 13.4 Å². The van der Waals surface area contributed by atoms with E-state index in [1.807, 2.05) is 36.4 Å². The molecule has 0 aliphatic heterocycles. The molecule has 0 aliphatic rings. The van der Waals surface area contributed by atoms with E-state index >= 15 is 0 Å². The number of nitrogens with one attached hydrogen (secondary N) is 2. The monoisotopic (exact) mass is 424 g/mol. The van der Waals surface area contributed by atoms with Crippen LogP contribution in [0, 0.1) is 0 Å². The van der Waals surface area contributed by atoms with Crippen LogP contribution >= 0.6 is 11.6 Å². The fourth-order valence-corrected chi connectivity index (χ4v) is 4.39. The molecule has 0 spiro atoms. The summed E-state index contributed by atoms with van der Waals surface area (Å²) in [5.74, 6) is 0. The summed E-state index contributed by atoms with van der Waals surface area (Å²) < 4.78 is 27.8. The summed E-state index contributed by atoms with van der Waals surface area (Å²) >= 11 is 6.02. The maximum atomic E-state index is 12.8. The Balaban J connectivity index is 1.84. The van der Waals surface area contributed by atoms with E-state index in [-0.39, 0.29) is 17.0 Å².